The number of methoxy groups -OCH3 is 1. The first-order valence-electron chi connectivity index (χ1n) is 5.79. The molecule has 2 aromatic carbocycles. The van der Waals surface area contributed by atoms with Crippen molar-refractivity contribution in [1.82, 2.24) is 5.32 Å². The second-order valence-corrected chi connectivity index (χ2v) is 4.69. The number of nitrogens with one attached hydrogen (secondary N) is 1. The average Bonchev–Trinajstić information content (AvgIpc) is 2.34. The molecule has 1 fully saturated rings. The minimum atomic E-state index is -0.186. The predicted octanol–water partition coefficient (Wildman–Crippen LogP) is 2.03. The zero-order valence-electron chi connectivity index (χ0n) is 10.3. The molecule has 0 unspecified atom stereocenters. The maximum atomic E-state index is 6.28. The third kappa shape index (κ3) is 2.05. The molecule has 0 spiro atoms. The minimum Gasteiger partial charge on any atom is -0.497 e. The van der Waals surface area contributed by atoms with Crippen LogP contribution in [0.25, 0.3) is 10.8 Å². The van der Waals surface area contributed by atoms with Crippen LogP contribution in [0.4, 0.5) is 0 Å². The molecule has 18 heavy (non-hydrogen) atoms. The summed E-state index contributed by atoms with van der Waals surface area (Å²) in [5, 5.41) is 5.61. The highest BCUT2D eigenvalue weighted by molar-refractivity contribution is 5.85. The topological polar surface area (TPSA) is 47.3 Å². The summed E-state index contributed by atoms with van der Waals surface area (Å²) in [5.74, 6) is 0.887. The summed E-state index contributed by atoms with van der Waals surface area (Å²) in [6.07, 6.45) is 0. The summed E-state index contributed by atoms with van der Waals surface area (Å²) in [6.45, 7) is 1.71. The zero-order valence-corrected chi connectivity index (χ0v) is 11.1. The molecule has 0 amide bonds. The molecule has 0 saturated carbocycles. The quantitative estimate of drug-likeness (QED) is 0.873. The van der Waals surface area contributed by atoms with Crippen molar-refractivity contribution in [2.24, 2.45) is 5.73 Å². The Balaban J connectivity index is 0.00000120. The van der Waals surface area contributed by atoms with Crippen LogP contribution in [0.1, 0.15) is 5.56 Å². The normalized spacial score (nSPS) is 16.8. The predicted molar refractivity (Wildman–Crippen MR) is 76.5 cm³/mol. The van der Waals surface area contributed by atoms with Gasteiger partial charge in [-0.15, -0.1) is 12.4 Å². The van der Waals surface area contributed by atoms with Crippen molar-refractivity contribution in [3.05, 3.63) is 42.0 Å². The van der Waals surface area contributed by atoms with E-state index in [0.29, 0.717) is 0 Å². The molecule has 0 aliphatic carbocycles. The van der Waals surface area contributed by atoms with E-state index in [4.69, 9.17) is 10.5 Å². The Kier molecular flexibility index (Phi) is 3.48. The van der Waals surface area contributed by atoms with Crippen molar-refractivity contribution < 1.29 is 4.74 Å². The van der Waals surface area contributed by atoms with Gasteiger partial charge >= 0.3 is 0 Å². The number of halogens is 1. The number of ether oxygens (including phenoxy) is 1. The Hall–Kier alpha value is -1.29. The van der Waals surface area contributed by atoms with Gasteiger partial charge in [0, 0.05) is 13.1 Å². The first kappa shape index (κ1) is 13.1. The van der Waals surface area contributed by atoms with Gasteiger partial charge in [0.15, 0.2) is 0 Å². The maximum Gasteiger partial charge on any atom is 0.119 e. The number of nitrogens with two attached hydrogens (primary N) is 1. The summed E-state index contributed by atoms with van der Waals surface area (Å²) >= 11 is 0. The van der Waals surface area contributed by atoms with E-state index in [1.54, 1.807) is 7.11 Å². The molecular weight excluding hydrogens is 248 g/mol. The van der Waals surface area contributed by atoms with Crippen molar-refractivity contribution in [3.8, 4) is 5.75 Å². The van der Waals surface area contributed by atoms with Crippen molar-refractivity contribution >= 4 is 23.2 Å². The van der Waals surface area contributed by atoms with Crippen LogP contribution in [0, 0.1) is 0 Å². The lowest BCUT2D eigenvalue weighted by Gasteiger charge is -2.39. The lowest BCUT2D eigenvalue weighted by atomic mass is 9.84. The highest BCUT2D eigenvalue weighted by Gasteiger charge is 2.34. The molecule has 1 aliphatic heterocycles. The summed E-state index contributed by atoms with van der Waals surface area (Å²) in [4.78, 5) is 0. The molecule has 96 valence electrons. The van der Waals surface area contributed by atoms with E-state index in [0.717, 1.165) is 18.8 Å². The van der Waals surface area contributed by atoms with Crippen molar-refractivity contribution in [3.63, 3.8) is 0 Å². The van der Waals surface area contributed by atoms with Crippen LogP contribution in [-0.2, 0) is 5.54 Å². The molecule has 3 nitrogen and oxygen atoms in total. The maximum absolute atomic E-state index is 6.28. The van der Waals surface area contributed by atoms with Gasteiger partial charge in [-0.05, 0) is 34.5 Å². The number of benzene rings is 2. The van der Waals surface area contributed by atoms with Crippen LogP contribution < -0.4 is 15.8 Å². The Morgan fingerprint density at radius 3 is 2.39 bits per heavy atom. The molecule has 1 saturated heterocycles. The van der Waals surface area contributed by atoms with Gasteiger partial charge in [0.2, 0.25) is 0 Å². The smallest absolute Gasteiger partial charge is 0.119 e. The Bertz CT molecular complexity index is 567. The Morgan fingerprint density at radius 2 is 1.78 bits per heavy atom. The van der Waals surface area contributed by atoms with Crippen LogP contribution in [0.15, 0.2) is 36.4 Å². The number of hydrogen-bond acceptors (Lipinski definition) is 3. The average molecular weight is 265 g/mol. The first-order chi connectivity index (χ1) is 8.21. The van der Waals surface area contributed by atoms with Crippen molar-refractivity contribution in [1.29, 1.82) is 0 Å². The molecule has 3 rings (SSSR count). The fraction of sp³-hybridized carbons (Fsp3) is 0.286. The van der Waals surface area contributed by atoms with Crippen LogP contribution >= 0.6 is 12.4 Å². The van der Waals surface area contributed by atoms with Crippen LogP contribution in [0.3, 0.4) is 0 Å². The fourth-order valence-corrected chi connectivity index (χ4v) is 2.26. The largest absolute Gasteiger partial charge is 0.497 e. The van der Waals surface area contributed by atoms with Crippen LogP contribution in [-0.4, -0.2) is 20.2 Å². The van der Waals surface area contributed by atoms with Gasteiger partial charge in [-0.25, -0.2) is 0 Å². The van der Waals surface area contributed by atoms with E-state index in [1.165, 1.54) is 16.3 Å². The monoisotopic (exact) mass is 264 g/mol. The summed E-state index contributed by atoms with van der Waals surface area (Å²) in [5.41, 5.74) is 7.30. The van der Waals surface area contributed by atoms with Gasteiger partial charge in [0.1, 0.15) is 5.75 Å². The second-order valence-electron chi connectivity index (χ2n) is 4.69. The lowest BCUT2D eigenvalue weighted by molar-refractivity contribution is 0.287. The van der Waals surface area contributed by atoms with E-state index in [2.05, 4.69) is 29.6 Å². The molecule has 1 aliphatic rings. The van der Waals surface area contributed by atoms with Gasteiger partial charge in [0.05, 0.1) is 12.6 Å². The van der Waals surface area contributed by atoms with E-state index < -0.39 is 0 Å². The van der Waals surface area contributed by atoms with Crippen molar-refractivity contribution in [2.75, 3.05) is 20.2 Å². The summed E-state index contributed by atoms with van der Waals surface area (Å²) < 4.78 is 5.22. The third-order valence-corrected chi connectivity index (χ3v) is 3.50. The van der Waals surface area contributed by atoms with Gasteiger partial charge in [-0.3, -0.25) is 0 Å². The van der Waals surface area contributed by atoms with Gasteiger partial charge in [-0.2, -0.15) is 0 Å². The lowest BCUT2D eigenvalue weighted by Crippen LogP contribution is -2.62. The molecule has 0 radical (unpaired) electrons. The van der Waals surface area contributed by atoms with E-state index in [9.17, 15) is 0 Å². The van der Waals surface area contributed by atoms with Crippen LogP contribution in [0.5, 0.6) is 5.75 Å². The Labute approximate surface area is 113 Å². The molecular formula is C14H17ClN2O. The minimum absolute atomic E-state index is 0. The van der Waals surface area contributed by atoms with Crippen molar-refractivity contribution in [2.45, 2.75) is 5.54 Å². The van der Waals surface area contributed by atoms with Crippen LogP contribution in [0.2, 0.25) is 0 Å². The van der Waals surface area contributed by atoms with Gasteiger partial charge < -0.3 is 15.8 Å². The Morgan fingerprint density at radius 1 is 1.11 bits per heavy atom. The van der Waals surface area contributed by atoms with E-state index in [-0.39, 0.29) is 17.9 Å². The molecule has 4 heteroatoms. The highest BCUT2D eigenvalue weighted by Crippen LogP contribution is 2.27. The number of fused-ring (bicyclic) bond motifs is 1. The van der Waals surface area contributed by atoms with E-state index >= 15 is 0 Å². The van der Waals surface area contributed by atoms with Gasteiger partial charge in [0.25, 0.3) is 0 Å². The SMILES string of the molecule is COc1ccc2cc(C3(N)CNC3)ccc2c1.Cl. The first-order valence-corrected chi connectivity index (χ1v) is 5.79. The zero-order chi connectivity index (χ0) is 11.9. The molecule has 1 heterocycles. The number of hydrogen-bond donors (Lipinski definition) is 2. The second kappa shape index (κ2) is 4.76. The molecule has 0 atom stereocenters. The highest BCUT2D eigenvalue weighted by atomic mass is 35.5. The number of rotatable bonds is 2. The molecule has 3 N–H and O–H groups in total. The molecule has 2 aromatic rings. The van der Waals surface area contributed by atoms with E-state index in [1.807, 2.05) is 12.1 Å². The third-order valence-electron chi connectivity index (χ3n) is 3.50. The molecule has 0 aromatic heterocycles. The standard InChI is InChI=1S/C14H16N2O.ClH/c1-17-13-5-3-10-6-12(4-2-11(10)7-13)14(15)8-16-9-14;/h2-7,16H,8-9,15H2,1H3;1H. The summed E-state index contributed by atoms with van der Waals surface area (Å²) in [6, 6.07) is 12.5. The summed E-state index contributed by atoms with van der Waals surface area (Å²) in [7, 11) is 1.68. The fourth-order valence-electron chi connectivity index (χ4n) is 2.26. The molecule has 0 bridgehead atoms. The van der Waals surface area contributed by atoms with Gasteiger partial charge in [-0.1, -0.05) is 18.2 Å².